The molecule has 0 aliphatic carbocycles. The van der Waals surface area contributed by atoms with Gasteiger partial charge in [0.1, 0.15) is 5.75 Å². The zero-order valence-electron chi connectivity index (χ0n) is 15.0. The Morgan fingerprint density at radius 3 is 2.15 bits per heavy atom. The Morgan fingerprint density at radius 2 is 1.62 bits per heavy atom. The predicted molar refractivity (Wildman–Crippen MR) is 98.7 cm³/mol. The quantitative estimate of drug-likeness (QED) is 0.849. The van der Waals surface area contributed by atoms with Gasteiger partial charge in [-0.3, -0.25) is 4.79 Å². The Labute approximate surface area is 153 Å². The fourth-order valence-corrected chi connectivity index (χ4v) is 3.10. The van der Waals surface area contributed by atoms with Gasteiger partial charge in [0, 0.05) is 13.1 Å². The lowest BCUT2D eigenvalue weighted by Crippen LogP contribution is -2.49. The van der Waals surface area contributed by atoms with Gasteiger partial charge in [-0.25, -0.2) is 0 Å². The molecule has 2 aromatic carbocycles. The largest absolute Gasteiger partial charge is 0.484 e. The van der Waals surface area contributed by atoms with E-state index in [-0.39, 0.29) is 24.7 Å². The van der Waals surface area contributed by atoms with Crippen molar-refractivity contribution >= 4 is 5.91 Å². The maximum Gasteiger partial charge on any atom is 0.260 e. The smallest absolute Gasteiger partial charge is 0.260 e. The normalized spacial score (nSPS) is 19.7. The number of hydrogen-bond acceptors (Lipinski definition) is 4. The molecule has 3 rings (SSSR count). The summed E-state index contributed by atoms with van der Waals surface area (Å²) in [6, 6.07) is 17.1. The summed E-state index contributed by atoms with van der Waals surface area (Å²) in [5.41, 5.74) is 2.70. The Hall–Kier alpha value is -2.84. The van der Waals surface area contributed by atoms with Gasteiger partial charge in [0.2, 0.25) is 0 Å². The molecule has 0 unspecified atom stereocenters. The van der Waals surface area contributed by atoms with E-state index in [1.165, 1.54) is 0 Å². The van der Waals surface area contributed by atoms with Crippen LogP contribution in [0.15, 0.2) is 48.5 Å². The van der Waals surface area contributed by atoms with E-state index in [1.807, 2.05) is 50.2 Å². The van der Waals surface area contributed by atoms with Crippen LogP contribution in [0, 0.1) is 11.3 Å². The molecule has 2 atom stereocenters. The molecule has 1 aliphatic heterocycles. The van der Waals surface area contributed by atoms with E-state index in [9.17, 15) is 4.79 Å². The third-order valence-electron chi connectivity index (χ3n) is 4.34. The summed E-state index contributed by atoms with van der Waals surface area (Å²) in [4.78, 5) is 14.1. The van der Waals surface area contributed by atoms with Gasteiger partial charge < -0.3 is 14.4 Å². The van der Waals surface area contributed by atoms with E-state index in [0.717, 1.165) is 11.1 Å². The van der Waals surface area contributed by atoms with Crippen LogP contribution in [-0.2, 0) is 9.53 Å². The van der Waals surface area contributed by atoms with Crippen LogP contribution in [0.1, 0.15) is 19.4 Å². The van der Waals surface area contributed by atoms with Crippen molar-refractivity contribution in [1.29, 1.82) is 5.26 Å². The van der Waals surface area contributed by atoms with E-state index in [4.69, 9.17) is 14.7 Å². The van der Waals surface area contributed by atoms with E-state index < -0.39 is 0 Å². The molecule has 0 bridgehead atoms. The van der Waals surface area contributed by atoms with Crippen molar-refractivity contribution in [1.82, 2.24) is 4.90 Å². The van der Waals surface area contributed by atoms with Gasteiger partial charge in [-0.2, -0.15) is 5.26 Å². The van der Waals surface area contributed by atoms with Crippen LogP contribution in [0.3, 0.4) is 0 Å². The molecule has 0 spiro atoms. The molecule has 0 N–H and O–H groups in total. The van der Waals surface area contributed by atoms with Gasteiger partial charge in [0.05, 0.1) is 23.8 Å². The Morgan fingerprint density at radius 1 is 1.08 bits per heavy atom. The second-order valence-corrected chi connectivity index (χ2v) is 6.56. The maximum absolute atomic E-state index is 12.3. The molecule has 26 heavy (non-hydrogen) atoms. The van der Waals surface area contributed by atoms with Crippen LogP contribution >= 0.6 is 0 Å². The number of nitriles is 1. The molecule has 2 aromatic rings. The Kier molecular flexibility index (Phi) is 5.55. The van der Waals surface area contributed by atoms with Crippen LogP contribution in [0.2, 0.25) is 0 Å². The minimum absolute atomic E-state index is 0.0235. The fourth-order valence-electron chi connectivity index (χ4n) is 3.10. The first-order valence-corrected chi connectivity index (χ1v) is 8.72. The second kappa shape index (κ2) is 8.03. The summed E-state index contributed by atoms with van der Waals surface area (Å²) in [5, 5.41) is 8.86. The molecule has 1 fully saturated rings. The average molecular weight is 350 g/mol. The molecule has 1 heterocycles. The topological polar surface area (TPSA) is 62.6 Å². The zero-order chi connectivity index (χ0) is 18.5. The molecule has 1 saturated heterocycles. The van der Waals surface area contributed by atoms with Gasteiger partial charge in [-0.05, 0) is 49.2 Å². The number of carbonyl (C=O) groups is 1. The lowest BCUT2D eigenvalue weighted by Gasteiger charge is -2.35. The minimum atomic E-state index is -0.0248. The summed E-state index contributed by atoms with van der Waals surface area (Å²) >= 11 is 0. The molecule has 0 aromatic heterocycles. The van der Waals surface area contributed by atoms with E-state index in [2.05, 4.69) is 6.07 Å². The average Bonchev–Trinajstić information content (AvgIpc) is 2.66. The van der Waals surface area contributed by atoms with Crippen LogP contribution in [0.4, 0.5) is 0 Å². The summed E-state index contributed by atoms with van der Waals surface area (Å²) in [7, 11) is 0. The van der Waals surface area contributed by atoms with Crippen molar-refractivity contribution in [3.05, 3.63) is 54.1 Å². The molecular weight excluding hydrogens is 328 g/mol. The third-order valence-corrected chi connectivity index (χ3v) is 4.34. The molecule has 5 heteroatoms. The van der Waals surface area contributed by atoms with Crippen LogP contribution in [-0.4, -0.2) is 42.7 Å². The molecule has 5 nitrogen and oxygen atoms in total. The van der Waals surface area contributed by atoms with Gasteiger partial charge in [-0.15, -0.1) is 0 Å². The van der Waals surface area contributed by atoms with Crippen molar-refractivity contribution in [2.24, 2.45) is 0 Å². The number of benzene rings is 2. The zero-order valence-corrected chi connectivity index (χ0v) is 15.0. The summed E-state index contributed by atoms with van der Waals surface area (Å²) in [6.45, 7) is 5.17. The minimum Gasteiger partial charge on any atom is -0.484 e. The molecule has 1 aliphatic rings. The highest BCUT2D eigenvalue weighted by atomic mass is 16.5. The number of rotatable bonds is 4. The standard InChI is InChI=1S/C21H22N2O3/c1-15-12-23(13-16(2)26-15)21(24)14-25-20-9-7-19(8-10-20)18-5-3-17(11-22)4-6-18/h3-10,15-16H,12-14H2,1-2H3/t15-,16-/m0/s1. The number of ether oxygens (including phenoxy) is 2. The highest BCUT2D eigenvalue weighted by molar-refractivity contribution is 5.78. The van der Waals surface area contributed by atoms with Gasteiger partial charge in [-0.1, -0.05) is 24.3 Å². The lowest BCUT2D eigenvalue weighted by molar-refractivity contribution is -0.145. The van der Waals surface area contributed by atoms with Crippen molar-refractivity contribution in [3.8, 4) is 22.9 Å². The summed E-state index contributed by atoms with van der Waals surface area (Å²) in [6.07, 6.45) is 0.101. The van der Waals surface area contributed by atoms with Crippen LogP contribution in [0.5, 0.6) is 5.75 Å². The van der Waals surface area contributed by atoms with Crippen molar-refractivity contribution in [2.45, 2.75) is 26.1 Å². The predicted octanol–water partition coefficient (Wildman–Crippen LogP) is 3.24. The van der Waals surface area contributed by atoms with Gasteiger partial charge >= 0.3 is 0 Å². The molecule has 0 saturated carbocycles. The Bertz CT molecular complexity index is 784. The van der Waals surface area contributed by atoms with Crippen molar-refractivity contribution < 1.29 is 14.3 Å². The van der Waals surface area contributed by atoms with E-state index in [0.29, 0.717) is 24.4 Å². The van der Waals surface area contributed by atoms with E-state index >= 15 is 0 Å². The summed E-state index contributed by atoms with van der Waals surface area (Å²) in [5.74, 6) is 0.633. The number of amides is 1. The van der Waals surface area contributed by atoms with Crippen LogP contribution < -0.4 is 4.74 Å². The molecule has 1 amide bonds. The molecule has 134 valence electrons. The number of carbonyl (C=O) groups excluding carboxylic acids is 1. The monoisotopic (exact) mass is 350 g/mol. The highest BCUT2D eigenvalue weighted by Gasteiger charge is 2.25. The first-order chi connectivity index (χ1) is 12.5. The number of hydrogen-bond donors (Lipinski definition) is 0. The fraction of sp³-hybridized carbons (Fsp3) is 0.333. The van der Waals surface area contributed by atoms with Crippen LogP contribution in [0.25, 0.3) is 11.1 Å². The maximum atomic E-state index is 12.3. The van der Waals surface area contributed by atoms with Gasteiger partial charge in [0.15, 0.2) is 6.61 Å². The molecule has 0 radical (unpaired) electrons. The van der Waals surface area contributed by atoms with Crippen molar-refractivity contribution in [2.75, 3.05) is 19.7 Å². The first kappa shape index (κ1) is 18.0. The Balaban J connectivity index is 1.57. The summed E-state index contributed by atoms with van der Waals surface area (Å²) < 4.78 is 11.3. The third kappa shape index (κ3) is 4.41. The van der Waals surface area contributed by atoms with Gasteiger partial charge in [0.25, 0.3) is 5.91 Å². The number of morpholine rings is 1. The first-order valence-electron chi connectivity index (χ1n) is 8.72. The molecular formula is C21H22N2O3. The second-order valence-electron chi connectivity index (χ2n) is 6.56. The SMILES string of the molecule is C[C@H]1CN(C(=O)COc2ccc(-c3ccc(C#N)cc3)cc2)C[C@H](C)O1. The van der Waals surface area contributed by atoms with Crippen molar-refractivity contribution in [3.63, 3.8) is 0 Å². The van der Waals surface area contributed by atoms with E-state index in [1.54, 1.807) is 17.0 Å². The number of nitrogens with zero attached hydrogens (tertiary/aromatic N) is 2. The highest BCUT2D eigenvalue weighted by Crippen LogP contribution is 2.23. The lowest BCUT2D eigenvalue weighted by atomic mass is 10.0.